The smallest absolute Gasteiger partial charge is 0.329 e. The Bertz CT molecular complexity index is 1190. The third-order valence-electron chi connectivity index (χ3n) is 6.61. The molecule has 2 aliphatic heterocycles. The van der Waals surface area contributed by atoms with Crippen molar-refractivity contribution in [2.75, 3.05) is 16.9 Å². The summed E-state index contributed by atoms with van der Waals surface area (Å²) < 4.78 is 5.16. The first-order valence-electron chi connectivity index (χ1n) is 10.9. The van der Waals surface area contributed by atoms with E-state index in [9.17, 15) is 14.4 Å². The van der Waals surface area contributed by atoms with E-state index in [2.05, 4.69) is 0 Å². The van der Waals surface area contributed by atoms with Crippen LogP contribution in [0, 0.1) is 18.8 Å². The highest BCUT2D eigenvalue weighted by Crippen LogP contribution is 2.52. The van der Waals surface area contributed by atoms with Crippen LogP contribution in [-0.4, -0.2) is 30.9 Å². The van der Waals surface area contributed by atoms with Crippen molar-refractivity contribution in [3.8, 4) is 0 Å². The van der Waals surface area contributed by atoms with Crippen LogP contribution in [-0.2, 0) is 19.1 Å². The van der Waals surface area contributed by atoms with Gasteiger partial charge in [-0.3, -0.25) is 9.59 Å². The Kier molecular flexibility index (Phi) is 5.21. The summed E-state index contributed by atoms with van der Waals surface area (Å²) >= 11 is 0. The van der Waals surface area contributed by atoms with Crippen LogP contribution in [0.1, 0.15) is 17.2 Å². The molecule has 33 heavy (non-hydrogen) atoms. The first-order chi connectivity index (χ1) is 16.0. The molecule has 2 fully saturated rings. The van der Waals surface area contributed by atoms with Gasteiger partial charge in [0.25, 0.3) is 0 Å². The molecule has 4 atom stereocenters. The standard InChI is InChI=1S/C27H24N2O4/c1-17-13-15-20(16-14-17)29-25(30)21-22(26(29)31)24(27(32)33-2)28(19-11-7-4-8-12-19)23(21)18-9-5-3-6-10-18/h3-16,21-24H,1-2H3/t21-,22+,23-,24-/m1/s1. The third kappa shape index (κ3) is 3.30. The lowest BCUT2D eigenvalue weighted by Crippen LogP contribution is -2.46. The molecule has 6 nitrogen and oxygen atoms in total. The van der Waals surface area contributed by atoms with Crippen LogP contribution < -0.4 is 9.80 Å². The summed E-state index contributed by atoms with van der Waals surface area (Å²) in [5, 5.41) is 0. The quantitative estimate of drug-likeness (QED) is 0.455. The van der Waals surface area contributed by atoms with E-state index in [1.165, 1.54) is 12.0 Å². The highest BCUT2D eigenvalue weighted by atomic mass is 16.5. The molecule has 2 aliphatic rings. The number of anilines is 2. The number of hydrogen-bond donors (Lipinski definition) is 0. The van der Waals surface area contributed by atoms with Gasteiger partial charge < -0.3 is 9.64 Å². The summed E-state index contributed by atoms with van der Waals surface area (Å²) in [6.45, 7) is 1.95. The number of amides is 2. The van der Waals surface area contributed by atoms with Crippen LogP contribution in [0.5, 0.6) is 0 Å². The summed E-state index contributed by atoms with van der Waals surface area (Å²) in [6.07, 6.45) is 0. The molecule has 0 aliphatic carbocycles. The van der Waals surface area contributed by atoms with Crippen molar-refractivity contribution < 1.29 is 19.1 Å². The first-order valence-corrected chi connectivity index (χ1v) is 10.9. The minimum absolute atomic E-state index is 0.296. The monoisotopic (exact) mass is 440 g/mol. The van der Waals surface area contributed by atoms with Gasteiger partial charge in [-0.25, -0.2) is 9.69 Å². The average molecular weight is 440 g/mol. The fraction of sp³-hybridized carbons (Fsp3) is 0.222. The number of para-hydroxylation sites is 1. The molecule has 0 aromatic heterocycles. The molecule has 0 bridgehead atoms. The fourth-order valence-electron chi connectivity index (χ4n) is 5.16. The summed E-state index contributed by atoms with van der Waals surface area (Å²) in [7, 11) is 1.31. The number of imide groups is 1. The van der Waals surface area contributed by atoms with Crippen molar-refractivity contribution in [1.82, 2.24) is 0 Å². The lowest BCUT2D eigenvalue weighted by Gasteiger charge is -2.34. The number of carbonyl (C=O) groups is 3. The topological polar surface area (TPSA) is 66.9 Å². The highest BCUT2D eigenvalue weighted by Gasteiger charge is 2.65. The maximum Gasteiger partial charge on any atom is 0.329 e. The summed E-state index contributed by atoms with van der Waals surface area (Å²) in [5.74, 6) is -2.76. The Hall–Kier alpha value is -3.93. The molecule has 0 radical (unpaired) electrons. The summed E-state index contributed by atoms with van der Waals surface area (Å²) in [6, 6.07) is 24.9. The second kappa shape index (κ2) is 8.20. The predicted molar refractivity (Wildman–Crippen MR) is 125 cm³/mol. The zero-order valence-electron chi connectivity index (χ0n) is 18.4. The molecule has 2 saturated heterocycles. The second-order valence-corrected chi connectivity index (χ2v) is 8.47. The van der Waals surface area contributed by atoms with Gasteiger partial charge in [0.05, 0.1) is 30.7 Å². The van der Waals surface area contributed by atoms with Gasteiger partial charge in [-0.15, -0.1) is 0 Å². The Morgan fingerprint density at radius 1 is 0.758 bits per heavy atom. The molecule has 0 spiro atoms. The molecule has 2 amide bonds. The van der Waals surface area contributed by atoms with E-state index in [-0.39, 0.29) is 11.8 Å². The number of rotatable bonds is 4. The van der Waals surface area contributed by atoms with Crippen molar-refractivity contribution >= 4 is 29.2 Å². The van der Waals surface area contributed by atoms with Crippen LogP contribution in [0.15, 0.2) is 84.9 Å². The Morgan fingerprint density at radius 3 is 1.94 bits per heavy atom. The zero-order chi connectivity index (χ0) is 23.1. The molecule has 6 heteroatoms. The average Bonchev–Trinajstić information content (AvgIpc) is 3.33. The van der Waals surface area contributed by atoms with Crippen LogP contribution >= 0.6 is 0 Å². The first kappa shape index (κ1) is 20.9. The van der Waals surface area contributed by atoms with Gasteiger partial charge in [0.2, 0.25) is 11.8 Å². The van der Waals surface area contributed by atoms with Crippen molar-refractivity contribution in [1.29, 1.82) is 0 Å². The molecule has 0 saturated carbocycles. The van der Waals surface area contributed by atoms with Crippen molar-refractivity contribution in [3.63, 3.8) is 0 Å². The number of esters is 1. The van der Waals surface area contributed by atoms with Gasteiger partial charge in [-0.1, -0.05) is 66.2 Å². The Morgan fingerprint density at radius 2 is 1.33 bits per heavy atom. The van der Waals surface area contributed by atoms with Crippen LogP contribution in [0.25, 0.3) is 0 Å². The molecule has 3 aromatic carbocycles. The lowest BCUT2D eigenvalue weighted by molar-refractivity contribution is -0.144. The van der Waals surface area contributed by atoms with E-state index in [1.54, 1.807) is 12.1 Å². The van der Waals surface area contributed by atoms with E-state index in [0.717, 1.165) is 16.8 Å². The molecule has 3 aromatic rings. The lowest BCUT2D eigenvalue weighted by atomic mass is 9.86. The number of hydrogen-bond acceptors (Lipinski definition) is 5. The van der Waals surface area contributed by atoms with Crippen LogP contribution in [0.4, 0.5) is 11.4 Å². The van der Waals surface area contributed by atoms with E-state index < -0.39 is 29.9 Å². The predicted octanol–water partition coefficient (Wildman–Crippen LogP) is 3.90. The third-order valence-corrected chi connectivity index (χ3v) is 6.61. The second-order valence-electron chi connectivity index (χ2n) is 8.47. The molecule has 0 unspecified atom stereocenters. The number of carbonyl (C=O) groups excluding carboxylic acids is 3. The Balaban J connectivity index is 1.69. The minimum Gasteiger partial charge on any atom is -0.467 e. The Labute approximate surface area is 192 Å². The van der Waals surface area contributed by atoms with Crippen LogP contribution in [0.3, 0.4) is 0 Å². The molecule has 5 rings (SSSR count). The maximum atomic E-state index is 13.8. The van der Waals surface area contributed by atoms with Crippen molar-refractivity contribution in [2.45, 2.75) is 19.0 Å². The SMILES string of the molecule is COC(=O)[C@H]1[C@H]2C(=O)N(c3ccc(C)cc3)C(=O)[C@H]2[C@@H](c2ccccc2)N1c1ccccc1. The van der Waals surface area contributed by atoms with Gasteiger partial charge in [0, 0.05) is 5.69 Å². The van der Waals surface area contributed by atoms with Gasteiger partial charge in [0.1, 0.15) is 6.04 Å². The van der Waals surface area contributed by atoms with Crippen molar-refractivity contribution in [3.05, 3.63) is 96.1 Å². The van der Waals surface area contributed by atoms with E-state index in [0.29, 0.717) is 5.69 Å². The van der Waals surface area contributed by atoms with Crippen LogP contribution in [0.2, 0.25) is 0 Å². The van der Waals surface area contributed by atoms with Gasteiger partial charge in [0.15, 0.2) is 0 Å². The summed E-state index contributed by atoms with van der Waals surface area (Å²) in [4.78, 5) is 43.8. The van der Waals surface area contributed by atoms with E-state index in [4.69, 9.17) is 4.74 Å². The molecule has 166 valence electrons. The number of benzene rings is 3. The minimum atomic E-state index is -0.917. The number of fused-ring (bicyclic) bond motifs is 1. The number of aryl methyl sites for hydroxylation is 1. The fourth-order valence-corrected chi connectivity index (χ4v) is 5.16. The van der Waals surface area contributed by atoms with E-state index in [1.807, 2.05) is 84.6 Å². The molecular formula is C27H24N2O4. The highest BCUT2D eigenvalue weighted by molar-refractivity contribution is 6.24. The number of ether oxygens (including phenoxy) is 1. The normalized spacial score (nSPS) is 24.2. The largest absolute Gasteiger partial charge is 0.467 e. The molecule has 2 heterocycles. The number of methoxy groups -OCH3 is 1. The maximum absolute atomic E-state index is 13.8. The number of nitrogens with zero attached hydrogens (tertiary/aromatic N) is 2. The molecular weight excluding hydrogens is 416 g/mol. The zero-order valence-corrected chi connectivity index (χ0v) is 18.4. The van der Waals surface area contributed by atoms with Crippen molar-refractivity contribution in [2.24, 2.45) is 11.8 Å². The van der Waals surface area contributed by atoms with Gasteiger partial charge in [-0.2, -0.15) is 0 Å². The van der Waals surface area contributed by atoms with Gasteiger partial charge >= 0.3 is 5.97 Å². The summed E-state index contributed by atoms with van der Waals surface area (Å²) in [5.41, 5.74) is 3.18. The van der Waals surface area contributed by atoms with Gasteiger partial charge in [-0.05, 0) is 36.8 Å². The van der Waals surface area contributed by atoms with E-state index >= 15 is 0 Å². The molecule has 0 N–H and O–H groups in total.